The highest BCUT2D eigenvalue weighted by molar-refractivity contribution is 6.17. The summed E-state index contributed by atoms with van der Waals surface area (Å²) in [6.45, 7) is 0. The molecule has 0 saturated carbocycles. The van der Waals surface area contributed by atoms with Crippen LogP contribution in [0.15, 0.2) is 190 Å². The summed E-state index contributed by atoms with van der Waals surface area (Å²) in [7, 11) is 0. The molecule has 232 valence electrons. The number of para-hydroxylation sites is 1. The van der Waals surface area contributed by atoms with Crippen molar-refractivity contribution in [1.82, 2.24) is 5.32 Å². The summed E-state index contributed by atoms with van der Waals surface area (Å²) in [6.07, 6.45) is -0.481. The van der Waals surface area contributed by atoms with E-state index in [1.165, 1.54) is 16.7 Å². The minimum Gasteiger partial charge on any atom is -0.455 e. The SMILES string of the molecule is c1ccc(C2=NC(c3ccc(-c4ccccc4)c4oc5ccccc5c34)N=C(c3ccc(-c4ccc(-c5ccccc5)cc4)cc3)N2)cc1. The van der Waals surface area contributed by atoms with Crippen LogP contribution in [0.3, 0.4) is 0 Å². The molecule has 0 aliphatic carbocycles. The first-order valence-electron chi connectivity index (χ1n) is 16.5. The third kappa shape index (κ3) is 5.39. The zero-order valence-corrected chi connectivity index (χ0v) is 26.6. The number of hydrogen-bond donors (Lipinski definition) is 1. The zero-order valence-electron chi connectivity index (χ0n) is 26.6. The highest BCUT2D eigenvalue weighted by Gasteiger charge is 2.25. The Labute approximate surface area is 284 Å². The Morgan fingerprint density at radius 3 is 1.45 bits per heavy atom. The van der Waals surface area contributed by atoms with E-state index in [2.05, 4.69) is 139 Å². The quantitative estimate of drug-likeness (QED) is 0.199. The lowest BCUT2D eigenvalue weighted by Gasteiger charge is -2.23. The van der Waals surface area contributed by atoms with Gasteiger partial charge in [-0.1, -0.05) is 170 Å². The first kappa shape index (κ1) is 28.7. The van der Waals surface area contributed by atoms with Crippen LogP contribution < -0.4 is 5.32 Å². The topological polar surface area (TPSA) is 49.9 Å². The van der Waals surface area contributed by atoms with E-state index in [1.807, 2.05) is 42.5 Å². The van der Waals surface area contributed by atoms with Crippen molar-refractivity contribution in [3.63, 3.8) is 0 Å². The third-order valence-electron chi connectivity index (χ3n) is 9.19. The third-order valence-corrected chi connectivity index (χ3v) is 9.19. The minimum absolute atomic E-state index is 0.481. The summed E-state index contributed by atoms with van der Waals surface area (Å²) < 4.78 is 6.57. The number of fused-ring (bicyclic) bond motifs is 3. The van der Waals surface area contributed by atoms with Gasteiger partial charge in [0.15, 0.2) is 6.17 Å². The second-order valence-corrected chi connectivity index (χ2v) is 12.2. The van der Waals surface area contributed by atoms with Gasteiger partial charge in [0.05, 0.1) is 0 Å². The molecule has 0 bridgehead atoms. The van der Waals surface area contributed by atoms with Crippen LogP contribution in [0.2, 0.25) is 0 Å². The maximum Gasteiger partial charge on any atom is 0.170 e. The molecule has 1 unspecified atom stereocenters. The van der Waals surface area contributed by atoms with Crippen LogP contribution in [0.4, 0.5) is 0 Å². The number of rotatable bonds is 6. The maximum atomic E-state index is 6.57. The molecule has 4 heteroatoms. The van der Waals surface area contributed by atoms with E-state index in [-0.39, 0.29) is 0 Å². The maximum absolute atomic E-state index is 6.57. The smallest absolute Gasteiger partial charge is 0.170 e. The number of benzene rings is 7. The van der Waals surface area contributed by atoms with Gasteiger partial charge in [0.2, 0.25) is 0 Å². The average Bonchev–Trinajstić information content (AvgIpc) is 3.58. The Bertz CT molecular complexity index is 2480. The van der Waals surface area contributed by atoms with Crippen LogP contribution in [-0.2, 0) is 0 Å². The summed E-state index contributed by atoms with van der Waals surface area (Å²) in [5.41, 5.74) is 11.6. The van der Waals surface area contributed by atoms with Gasteiger partial charge in [-0.3, -0.25) is 0 Å². The number of hydrogen-bond acceptors (Lipinski definition) is 4. The lowest BCUT2D eigenvalue weighted by Crippen LogP contribution is -2.36. The molecular weight excluding hydrogens is 599 g/mol. The standard InChI is InChI=1S/C45H31N3O/c1-4-12-30(13-5-1)31-20-22-32(23-21-31)33-24-26-36(27-25-33)44-46-43(35-16-8-3-9-17-35)47-45(48-44)39-29-28-37(34-14-6-2-7-15-34)42-41(39)38-18-10-11-19-40(38)49-42/h1-29,45H,(H,46,47,48). The molecule has 0 spiro atoms. The fourth-order valence-corrected chi connectivity index (χ4v) is 6.70. The van der Waals surface area contributed by atoms with E-state index in [0.29, 0.717) is 0 Å². The minimum atomic E-state index is -0.481. The van der Waals surface area contributed by atoms with Gasteiger partial charge >= 0.3 is 0 Å². The van der Waals surface area contributed by atoms with Gasteiger partial charge in [-0.2, -0.15) is 0 Å². The van der Waals surface area contributed by atoms with Crippen LogP contribution in [0, 0.1) is 0 Å². The molecule has 0 saturated heterocycles. The van der Waals surface area contributed by atoms with Crippen LogP contribution in [-0.4, -0.2) is 11.7 Å². The van der Waals surface area contributed by atoms with Crippen molar-refractivity contribution < 1.29 is 4.42 Å². The van der Waals surface area contributed by atoms with Crippen molar-refractivity contribution in [1.29, 1.82) is 0 Å². The molecule has 49 heavy (non-hydrogen) atoms. The summed E-state index contributed by atoms with van der Waals surface area (Å²) in [4.78, 5) is 10.5. The second kappa shape index (κ2) is 12.3. The van der Waals surface area contributed by atoms with Gasteiger partial charge < -0.3 is 9.73 Å². The van der Waals surface area contributed by atoms with Crippen LogP contribution in [0.5, 0.6) is 0 Å². The van der Waals surface area contributed by atoms with Gasteiger partial charge in [-0.15, -0.1) is 0 Å². The monoisotopic (exact) mass is 629 g/mol. The van der Waals surface area contributed by atoms with E-state index in [0.717, 1.165) is 67.0 Å². The van der Waals surface area contributed by atoms with Gasteiger partial charge in [-0.25, -0.2) is 9.98 Å². The predicted octanol–water partition coefficient (Wildman–Crippen LogP) is 11.1. The lowest BCUT2D eigenvalue weighted by atomic mass is 9.97. The van der Waals surface area contributed by atoms with E-state index in [4.69, 9.17) is 14.4 Å². The lowest BCUT2D eigenvalue weighted by molar-refractivity contribution is 0.668. The fourth-order valence-electron chi connectivity index (χ4n) is 6.70. The van der Waals surface area contributed by atoms with Gasteiger partial charge in [0.25, 0.3) is 0 Å². The highest BCUT2D eigenvalue weighted by atomic mass is 16.3. The molecule has 1 atom stereocenters. The highest BCUT2D eigenvalue weighted by Crippen LogP contribution is 2.41. The Balaban J connectivity index is 1.13. The van der Waals surface area contributed by atoms with E-state index >= 15 is 0 Å². The number of nitrogens with one attached hydrogen (secondary N) is 1. The second-order valence-electron chi connectivity index (χ2n) is 12.2. The Morgan fingerprint density at radius 1 is 0.408 bits per heavy atom. The Kier molecular flexibility index (Phi) is 7.17. The molecule has 1 aromatic heterocycles. The summed E-state index contributed by atoms with van der Waals surface area (Å²) in [6, 6.07) is 61.0. The zero-order chi connectivity index (χ0) is 32.6. The normalized spacial score (nSPS) is 14.3. The van der Waals surface area contributed by atoms with Crippen molar-refractivity contribution in [3.05, 3.63) is 193 Å². The first-order chi connectivity index (χ1) is 24.3. The molecule has 1 aliphatic heterocycles. The fraction of sp³-hybridized carbons (Fsp3) is 0.0222. The van der Waals surface area contributed by atoms with Crippen molar-refractivity contribution in [3.8, 4) is 33.4 Å². The molecule has 4 nitrogen and oxygen atoms in total. The molecule has 1 N–H and O–H groups in total. The summed E-state index contributed by atoms with van der Waals surface area (Å²) >= 11 is 0. The van der Waals surface area contributed by atoms with Gasteiger partial charge in [0.1, 0.15) is 22.8 Å². The van der Waals surface area contributed by atoms with Crippen molar-refractivity contribution in [2.45, 2.75) is 6.17 Å². The number of nitrogens with zero attached hydrogens (tertiary/aromatic N) is 2. The molecule has 0 radical (unpaired) electrons. The van der Waals surface area contributed by atoms with Gasteiger partial charge in [-0.05, 0) is 33.9 Å². The van der Waals surface area contributed by atoms with E-state index < -0.39 is 6.17 Å². The number of aliphatic imine (C=N–C) groups is 2. The molecule has 0 amide bonds. The van der Waals surface area contributed by atoms with E-state index in [9.17, 15) is 0 Å². The van der Waals surface area contributed by atoms with E-state index in [1.54, 1.807) is 0 Å². The van der Waals surface area contributed by atoms with Crippen molar-refractivity contribution in [2.75, 3.05) is 0 Å². The molecule has 2 heterocycles. The number of furan rings is 1. The molecule has 0 fully saturated rings. The molecular formula is C45H31N3O. The Morgan fingerprint density at radius 2 is 0.857 bits per heavy atom. The van der Waals surface area contributed by atoms with Crippen molar-refractivity contribution in [2.24, 2.45) is 9.98 Å². The molecule has 7 aromatic carbocycles. The molecule has 9 rings (SSSR count). The number of amidine groups is 2. The Hall–Kier alpha value is -6.52. The summed E-state index contributed by atoms with van der Waals surface area (Å²) in [5, 5.41) is 5.66. The largest absolute Gasteiger partial charge is 0.455 e. The van der Waals surface area contributed by atoms with Gasteiger partial charge in [0, 0.05) is 33.0 Å². The molecule has 8 aromatic rings. The molecule has 1 aliphatic rings. The van der Waals surface area contributed by atoms with Crippen LogP contribution in [0.25, 0.3) is 55.3 Å². The first-order valence-corrected chi connectivity index (χ1v) is 16.5. The van der Waals surface area contributed by atoms with Crippen molar-refractivity contribution >= 4 is 33.6 Å². The summed E-state index contributed by atoms with van der Waals surface area (Å²) in [5.74, 6) is 1.56. The predicted molar refractivity (Wildman–Crippen MR) is 202 cm³/mol. The average molecular weight is 630 g/mol. The van der Waals surface area contributed by atoms with Crippen LogP contribution >= 0.6 is 0 Å². The van der Waals surface area contributed by atoms with Crippen LogP contribution in [0.1, 0.15) is 22.9 Å².